The zero-order valence-corrected chi connectivity index (χ0v) is 19.7. The molecular formula is C25H27N5OS. The van der Waals surface area contributed by atoms with Crippen molar-refractivity contribution in [3.63, 3.8) is 0 Å². The van der Waals surface area contributed by atoms with Gasteiger partial charge in [0.2, 0.25) is 0 Å². The van der Waals surface area contributed by atoms with Gasteiger partial charge in [-0.15, -0.1) is 11.3 Å². The van der Waals surface area contributed by atoms with Crippen molar-refractivity contribution in [2.24, 2.45) is 0 Å². The Balaban J connectivity index is 1.35. The summed E-state index contributed by atoms with van der Waals surface area (Å²) in [5, 5.41) is 8.84. The van der Waals surface area contributed by atoms with Crippen LogP contribution >= 0.6 is 11.3 Å². The molecular weight excluding hydrogens is 418 g/mol. The first-order valence-corrected chi connectivity index (χ1v) is 11.9. The molecule has 0 atom stereocenters. The number of nitrogens with one attached hydrogen (secondary N) is 1. The first-order chi connectivity index (χ1) is 15.4. The lowest BCUT2D eigenvalue weighted by molar-refractivity contribution is 0.0954. The number of fused-ring (bicyclic) bond motifs is 1. The number of benzene rings is 1. The van der Waals surface area contributed by atoms with Crippen molar-refractivity contribution in [3.8, 4) is 0 Å². The highest BCUT2D eigenvalue weighted by Crippen LogP contribution is 2.40. The monoisotopic (exact) mass is 445 g/mol. The molecule has 4 aromatic rings. The molecule has 0 aliphatic heterocycles. The van der Waals surface area contributed by atoms with Crippen molar-refractivity contribution < 1.29 is 4.79 Å². The van der Waals surface area contributed by atoms with Gasteiger partial charge in [-0.1, -0.05) is 30.3 Å². The van der Waals surface area contributed by atoms with Crippen LogP contribution in [0, 0.1) is 27.7 Å². The fourth-order valence-electron chi connectivity index (χ4n) is 4.25. The highest BCUT2D eigenvalue weighted by molar-refractivity contribution is 7.20. The quantitative estimate of drug-likeness (QED) is 0.454. The van der Waals surface area contributed by atoms with Crippen molar-refractivity contribution in [1.82, 2.24) is 25.1 Å². The number of aromatic nitrogens is 4. The Morgan fingerprint density at radius 1 is 1.09 bits per heavy atom. The summed E-state index contributed by atoms with van der Waals surface area (Å²) in [7, 11) is 0. The number of hydrogen-bond donors (Lipinski definition) is 1. The lowest BCUT2D eigenvalue weighted by atomic mass is 10.1. The average molecular weight is 446 g/mol. The van der Waals surface area contributed by atoms with E-state index >= 15 is 0 Å². The maximum Gasteiger partial charge on any atom is 0.261 e. The van der Waals surface area contributed by atoms with E-state index in [0.29, 0.717) is 12.5 Å². The largest absolute Gasteiger partial charge is 0.347 e. The second kappa shape index (κ2) is 8.13. The number of nitrogens with zero attached hydrogens (tertiary/aromatic N) is 4. The van der Waals surface area contributed by atoms with Gasteiger partial charge >= 0.3 is 0 Å². The van der Waals surface area contributed by atoms with Gasteiger partial charge in [-0.25, -0.2) is 9.97 Å². The lowest BCUT2D eigenvalue weighted by Gasteiger charge is -2.07. The third kappa shape index (κ3) is 3.81. The van der Waals surface area contributed by atoms with Crippen LogP contribution in [0.15, 0.2) is 30.3 Å². The molecule has 1 aromatic carbocycles. The maximum absolute atomic E-state index is 13.1. The minimum atomic E-state index is -0.0625. The second-order valence-electron chi connectivity index (χ2n) is 8.65. The van der Waals surface area contributed by atoms with Gasteiger partial charge in [-0.3, -0.25) is 9.48 Å². The van der Waals surface area contributed by atoms with Gasteiger partial charge in [0.1, 0.15) is 10.7 Å². The summed E-state index contributed by atoms with van der Waals surface area (Å²) in [5.74, 6) is 1.36. The third-order valence-corrected chi connectivity index (χ3v) is 7.45. The molecule has 1 N–H and O–H groups in total. The second-order valence-corrected chi connectivity index (χ2v) is 9.65. The average Bonchev–Trinajstić information content (AvgIpc) is 3.52. The molecule has 0 saturated heterocycles. The number of amides is 1. The van der Waals surface area contributed by atoms with E-state index in [9.17, 15) is 4.79 Å². The minimum Gasteiger partial charge on any atom is -0.347 e. The molecule has 1 aliphatic rings. The fourth-order valence-corrected chi connectivity index (χ4v) is 5.41. The zero-order valence-electron chi connectivity index (χ0n) is 18.9. The van der Waals surface area contributed by atoms with Crippen LogP contribution < -0.4 is 5.32 Å². The smallest absolute Gasteiger partial charge is 0.261 e. The van der Waals surface area contributed by atoms with Crippen molar-refractivity contribution in [2.75, 3.05) is 0 Å². The van der Waals surface area contributed by atoms with Gasteiger partial charge in [0.05, 0.1) is 22.8 Å². The summed E-state index contributed by atoms with van der Waals surface area (Å²) in [4.78, 5) is 24.2. The Hall–Kier alpha value is -3.06. The van der Waals surface area contributed by atoms with E-state index in [1.165, 1.54) is 29.7 Å². The Kier molecular flexibility index (Phi) is 5.29. The summed E-state index contributed by atoms with van der Waals surface area (Å²) in [6.07, 6.45) is 2.33. The van der Waals surface area contributed by atoms with Crippen LogP contribution in [-0.4, -0.2) is 25.7 Å². The Bertz CT molecular complexity index is 1320. The fraction of sp³-hybridized carbons (Fsp3) is 0.360. The zero-order chi connectivity index (χ0) is 22.4. The number of aryl methyl sites for hydroxylation is 3. The van der Waals surface area contributed by atoms with Gasteiger partial charge < -0.3 is 5.32 Å². The third-order valence-electron chi connectivity index (χ3n) is 6.27. The molecule has 164 valence electrons. The van der Waals surface area contributed by atoms with E-state index in [4.69, 9.17) is 15.1 Å². The summed E-state index contributed by atoms with van der Waals surface area (Å²) in [6.45, 7) is 9.25. The molecule has 3 heterocycles. The molecule has 1 amide bonds. The van der Waals surface area contributed by atoms with Crippen LogP contribution in [0.4, 0.5) is 0 Å². The molecule has 1 saturated carbocycles. The molecule has 3 aromatic heterocycles. The molecule has 1 fully saturated rings. The molecule has 1 aliphatic carbocycles. The van der Waals surface area contributed by atoms with E-state index in [-0.39, 0.29) is 5.91 Å². The lowest BCUT2D eigenvalue weighted by Crippen LogP contribution is -2.23. The standard InChI is InChI=1S/C25H27N5OS/c1-14-21-16(3)27-23(19-10-11-19)28-25(21)32-22(14)24(31)26-12-20-15(2)29-30(17(20)4)13-18-8-6-5-7-9-18/h5-9,19H,10-13H2,1-4H3,(H,26,31). The summed E-state index contributed by atoms with van der Waals surface area (Å²) in [5.41, 5.74) is 6.24. The van der Waals surface area contributed by atoms with Crippen molar-refractivity contribution >= 4 is 27.5 Å². The minimum absolute atomic E-state index is 0.0625. The number of rotatable bonds is 6. The summed E-state index contributed by atoms with van der Waals surface area (Å²) >= 11 is 1.47. The van der Waals surface area contributed by atoms with Crippen LogP contribution in [0.1, 0.15) is 68.0 Å². The van der Waals surface area contributed by atoms with E-state index in [1.54, 1.807) is 0 Å². The van der Waals surface area contributed by atoms with Gasteiger partial charge in [0, 0.05) is 29.1 Å². The molecule has 7 heteroatoms. The van der Waals surface area contributed by atoms with Gasteiger partial charge in [0.25, 0.3) is 5.91 Å². The van der Waals surface area contributed by atoms with Crippen LogP contribution in [0.5, 0.6) is 0 Å². The molecule has 32 heavy (non-hydrogen) atoms. The van der Waals surface area contributed by atoms with E-state index in [0.717, 1.165) is 55.7 Å². The molecule has 0 radical (unpaired) electrons. The number of hydrogen-bond acceptors (Lipinski definition) is 5. The SMILES string of the molecule is Cc1nn(Cc2ccccc2)c(C)c1CNC(=O)c1sc2nc(C3CC3)nc(C)c2c1C. The van der Waals surface area contributed by atoms with Crippen LogP contribution in [0.3, 0.4) is 0 Å². The van der Waals surface area contributed by atoms with Crippen LogP contribution in [-0.2, 0) is 13.1 Å². The van der Waals surface area contributed by atoms with Crippen molar-refractivity contribution in [3.05, 3.63) is 74.8 Å². The molecule has 0 unspecified atom stereocenters. The topological polar surface area (TPSA) is 72.7 Å². The normalized spacial score (nSPS) is 13.6. The first-order valence-electron chi connectivity index (χ1n) is 11.0. The van der Waals surface area contributed by atoms with Crippen molar-refractivity contribution in [1.29, 1.82) is 0 Å². The number of thiophene rings is 1. The molecule has 5 rings (SSSR count). The Labute approximate surface area is 191 Å². The molecule has 6 nitrogen and oxygen atoms in total. The Morgan fingerprint density at radius 2 is 1.84 bits per heavy atom. The van der Waals surface area contributed by atoms with E-state index in [2.05, 4.69) is 24.4 Å². The first kappa shape index (κ1) is 20.8. The molecule has 0 spiro atoms. The summed E-state index contributed by atoms with van der Waals surface area (Å²) < 4.78 is 2.01. The van der Waals surface area contributed by atoms with Crippen LogP contribution in [0.25, 0.3) is 10.2 Å². The van der Waals surface area contributed by atoms with Gasteiger partial charge in [-0.2, -0.15) is 5.10 Å². The number of carbonyl (C=O) groups is 1. The summed E-state index contributed by atoms with van der Waals surface area (Å²) in [6, 6.07) is 10.3. The van der Waals surface area contributed by atoms with E-state index in [1.807, 2.05) is 43.7 Å². The molecule has 0 bridgehead atoms. The highest BCUT2D eigenvalue weighted by Gasteiger charge is 2.28. The van der Waals surface area contributed by atoms with Gasteiger partial charge in [0.15, 0.2) is 0 Å². The highest BCUT2D eigenvalue weighted by atomic mass is 32.1. The van der Waals surface area contributed by atoms with Crippen LogP contribution in [0.2, 0.25) is 0 Å². The predicted octanol–water partition coefficient (Wildman–Crippen LogP) is 4.98. The maximum atomic E-state index is 13.1. The van der Waals surface area contributed by atoms with Crippen molar-refractivity contribution in [2.45, 2.75) is 59.5 Å². The van der Waals surface area contributed by atoms with Gasteiger partial charge in [-0.05, 0) is 51.7 Å². The van der Waals surface area contributed by atoms with E-state index < -0.39 is 0 Å². The predicted molar refractivity (Wildman–Crippen MR) is 127 cm³/mol. The Morgan fingerprint density at radius 3 is 2.56 bits per heavy atom. The number of carbonyl (C=O) groups excluding carboxylic acids is 1.